The summed E-state index contributed by atoms with van der Waals surface area (Å²) in [6.07, 6.45) is 0. The number of esters is 1. The first-order valence-electron chi connectivity index (χ1n) is 8.71. The van der Waals surface area contributed by atoms with Crippen LogP contribution in [0.1, 0.15) is 10.4 Å². The SMILES string of the molecule is O=C(OCCOc1ccc(Br)cc1)c1ccc(N2CCOCC2)c([N+](=O)[O-])c1. The number of carbonyl (C=O) groups is 1. The highest BCUT2D eigenvalue weighted by Gasteiger charge is 2.23. The zero-order valence-electron chi connectivity index (χ0n) is 15.0. The summed E-state index contributed by atoms with van der Waals surface area (Å²) in [7, 11) is 0. The van der Waals surface area contributed by atoms with Gasteiger partial charge in [0.2, 0.25) is 0 Å². The highest BCUT2D eigenvalue weighted by Crippen LogP contribution is 2.30. The van der Waals surface area contributed by atoms with Crippen molar-refractivity contribution in [1.82, 2.24) is 0 Å². The number of morpholine rings is 1. The number of nitrogens with zero attached hydrogens (tertiary/aromatic N) is 2. The van der Waals surface area contributed by atoms with Gasteiger partial charge in [-0.1, -0.05) is 15.9 Å². The van der Waals surface area contributed by atoms with Crippen molar-refractivity contribution < 1.29 is 23.9 Å². The zero-order valence-corrected chi connectivity index (χ0v) is 16.6. The molecule has 2 aromatic carbocycles. The van der Waals surface area contributed by atoms with Crippen LogP contribution in [0.4, 0.5) is 11.4 Å². The van der Waals surface area contributed by atoms with Crippen molar-refractivity contribution in [2.45, 2.75) is 0 Å². The molecule has 8 nitrogen and oxygen atoms in total. The van der Waals surface area contributed by atoms with Gasteiger partial charge in [0, 0.05) is 23.6 Å². The molecule has 9 heteroatoms. The number of nitro groups is 1. The summed E-state index contributed by atoms with van der Waals surface area (Å²) in [6.45, 7) is 2.38. The summed E-state index contributed by atoms with van der Waals surface area (Å²) in [5.74, 6) is 0.0285. The molecule has 0 saturated carbocycles. The fourth-order valence-corrected chi connectivity index (χ4v) is 3.04. The second kappa shape index (κ2) is 9.52. The normalized spacial score (nSPS) is 13.8. The van der Waals surface area contributed by atoms with Crippen molar-refractivity contribution in [3.63, 3.8) is 0 Å². The van der Waals surface area contributed by atoms with E-state index in [1.807, 2.05) is 17.0 Å². The Morgan fingerprint density at radius 1 is 1.14 bits per heavy atom. The van der Waals surface area contributed by atoms with Gasteiger partial charge in [0.15, 0.2) is 0 Å². The molecule has 1 heterocycles. The lowest BCUT2D eigenvalue weighted by atomic mass is 10.1. The maximum Gasteiger partial charge on any atom is 0.338 e. The maximum absolute atomic E-state index is 12.2. The second-order valence-corrected chi connectivity index (χ2v) is 6.91. The van der Waals surface area contributed by atoms with Crippen LogP contribution >= 0.6 is 15.9 Å². The first-order valence-corrected chi connectivity index (χ1v) is 9.50. The van der Waals surface area contributed by atoms with Gasteiger partial charge in [0.25, 0.3) is 5.69 Å². The van der Waals surface area contributed by atoms with Gasteiger partial charge >= 0.3 is 5.97 Å². The monoisotopic (exact) mass is 450 g/mol. The molecule has 0 radical (unpaired) electrons. The number of nitro benzene ring substituents is 1. The van der Waals surface area contributed by atoms with E-state index in [0.29, 0.717) is 37.7 Å². The summed E-state index contributed by atoms with van der Waals surface area (Å²) in [5.41, 5.74) is 0.484. The van der Waals surface area contributed by atoms with E-state index in [1.165, 1.54) is 12.1 Å². The van der Waals surface area contributed by atoms with Gasteiger partial charge in [-0.05, 0) is 36.4 Å². The average Bonchev–Trinajstić information content (AvgIpc) is 2.72. The Labute approximate surface area is 170 Å². The average molecular weight is 451 g/mol. The minimum atomic E-state index is -0.629. The molecule has 0 aliphatic carbocycles. The number of hydrogen-bond donors (Lipinski definition) is 0. The predicted molar refractivity (Wildman–Crippen MR) is 106 cm³/mol. The van der Waals surface area contributed by atoms with Crippen LogP contribution in [0.3, 0.4) is 0 Å². The molecule has 0 bridgehead atoms. The third kappa shape index (κ3) is 5.20. The largest absolute Gasteiger partial charge is 0.490 e. The molecule has 0 aromatic heterocycles. The van der Waals surface area contributed by atoms with E-state index in [0.717, 1.165) is 4.47 Å². The molecular weight excluding hydrogens is 432 g/mol. The van der Waals surface area contributed by atoms with Crippen LogP contribution in [0.15, 0.2) is 46.9 Å². The van der Waals surface area contributed by atoms with Crippen molar-refractivity contribution in [1.29, 1.82) is 0 Å². The quantitative estimate of drug-likeness (QED) is 0.276. The molecule has 28 heavy (non-hydrogen) atoms. The summed E-state index contributed by atoms with van der Waals surface area (Å²) in [5, 5.41) is 11.5. The van der Waals surface area contributed by atoms with Gasteiger partial charge in [-0.2, -0.15) is 0 Å². The van der Waals surface area contributed by atoms with E-state index >= 15 is 0 Å². The molecule has 2 aromatic rings. The van der Waals surface area contributed by atoms with E-state index in [2.05, 4.69) is 15.9 Å². The van der Waals surface area contributed by atoms with E-state index < -0.39 is 10.9 Å². The standard InChI is InChI=1S/C19H19BrN2O6/c20-15-2-4-16(5-3-15)27-11-12-28-19(23)14-1-6-17(18(13-14)22(24)25)21-7-9-26-10-8-21/h1-6,13H,7-12H2. The third-order valence-corrected chi connectivity index (χ3v) is 4.69. The number of benzene rings is 2. The molecule has 1 fully saturated rings. The van der Waals surface area contributed by atoms with Crippen molar-refractivity contribution in [3.05, 3.63) is 62.6 Å². The van der Waals surface area contributed by atoms with Crippen molar-refractivity contribution in [2.24, 2.45) is 0 Å². The fourth-order valence-electron chi connectivity index (χ4n) is 2.78. The summed E-state index contributed by atoms with van der Waals surface area (Å²) < 4.78 is 16.9. The topological polar surface area (TPSA) is 91.1 Å². The van der Waals surface area contributed by atoms with Crippen molar-refractivity contribution in [2.75, 3.05) is 44.4 Å². The third-order valence-electron chi connectivity index (χ3n) is 4.16. The fraction of sp³-hybridized carbons (Fsp3) is 0.316. The van der Waals surface area contributed by atoms with Crippen molar-refractivity contribution in [3.8, 4) is 5.75 Å². The van der Waals surface area contributed by atoms with Gasteiger partial charge in [0.05, 0.1) is 23.7 Å². The molecule has 148 valence electrons. The highest BCUT2D eigenvalue weighted by molar-refractivity contribution is 9.10. The molecule has 0 atom stereocenters. The Bertz CT molecular complexity index is 837. The Hall–Kier alpha value is -2.65. The predicted octanol–water partition coefficient (Wildman–Crippen LogP) is 3.43. The number of carbonyl (C=O) groups excluding carboxylic acids is 1. The minimum Gasteiger partial charge on any atom is -0.490 e. The highest BCUT2D eigenvalue weighted by atomic mass is 79.9. The van der Waals surface area contributed by atoms with Gasteiger partial charge in [-0.3, -0.25) is 10.1 Å². The minimum absolute atomic E-state index is 0.0356. The second-order valence-electron chi connectivity index (χ2n) is 6.00. The van der Waals surface area contributed by atoms with Gasteiger partial charge in [-0.25, -0.2) is 4.79 Å². The van der Waals surface area contributed by atoms with Crippen LogP contribution < -0.4 is 9.64 Å². The zero-order chi connectivity index (χ0) is 19.9. The molecule has 1 saturated heterocycles. The maximum atomic E-state index is 12.2. The van der Waals surface area contributed by atoms with E-state index in [1.54, 1.807) is 18.2 Å². The first-order chi connectivity index (χ1) is 13.5. The van der Waals surface area contributed by atoms with Gasteiger partial charge in [0.1, 0.15) is 24.7 Å². The summed E-state index contributed by atoms with van der Waals surface area (Å²) in [6, 6.07) is 11.6. The van der Waals surface area contributed by atoms with Crippen molar-refractivity contribution >= 4 is 33.3 Å². The first kappa shape index (κ1) is 20.1. The molecule has 0 amide bonds. The van der Waals surface area contributed by atoms with E-state index in [-0.39, 0.29) is 24.5 Å². The molecule has 0 spiro atoms. The number of rotatable bonds is 7. The Morgan fingerprint density at radius 3 is 2.54 bits per heavy atom. The van der Waals surface area contributed by atoms with Crippen LogP contribution in [-0.2, 0) is 9.47 Å². The number of halogens is 1. The molecular formula is C19H19BrN2O6. The molecule has 3 rings (SSSR count). The molecule has 1 aliphatic rings. The summed E-state index contributed by atoms with van der Waals surface area (Å²) >= 11 is 3.34. The van der Waals surface area contributed by atoms with E-state index in [4.69, 9.17) is 14.2 Å². The molecule has 0 unspecified atom stereocenters. The van der Waals surface area contributed by atoms with Crippen LogP contribution in [0.25, 0.3) is 0 Å². The summed E-state index contributed by atoms with van der Waals surface area (Å²) in [4.78, 5) is 25.1. The van der Waals surface area contributed by atoms with Gasteiger partial charge < -0.3 is 19.1 Å². The lowest BCUT2D eigenvalue weighted by molar-refractivity contribution is -0.384. The van der Waals surface area contributed by atoms with Crippen LogP contribution in [0.2, 0.25) is 0 Å². The Balaban J connectivity index is 1.59. The van der Waals surface area contributed by atoms with Crippen LogP contribution in [0, 0.1) is 10.1 Å². The molecule has 0 N–H and O–H groups in total. The lowest BCUT2D eigenvalue weighted by Crippen LogP contribution is -2.36. The smallest absolute Gasteiger partial charge is 0.338 e. The number of hydrogen-bond acceptors (Lipinski definition) is 7. The molecule has 1 aliphatic heterocycles. The number of anilines is 1. The van der Waals surface area contributed by atoms with Gasteiger partial charge in [-0.15, -0.1) is 0 Å². The van der Waals surface area contributed by atoms with Crippen LogP contribution in [-0.4, -0.2) is 50.4 Å². The van der Waals surface area contributed by atoms with E-state index in [9.17, 15) is 14.9 Å². The number of ether oxygens (including phenoxy) is 3. The van der Waals surface area contributed by atoms with Crippen LogP contribution in [0.5, 0.6) is 5.75 Å². The Kier molecular flexibility index (Phi) is 6.83. The lowest BCUT2D eigenvalue weighted by Gasteiger charge is -2.28. The Morgan fingerprint density at radius 2 is 1.86 bits per heavy atom.